The van der Waals surface area contributed by atoms with Gasteiger partial charge in [-0.25, -0.2) is 0 Å². The summed E-state index contributed by atoms with van der Waals surface area (Å²) in [7, 11) is -2.15. The van der Waals surface area contributed by atoms with E-state index in [2.05, 4.69) is 122 Å². The predicted octanol–water partition coefficient (Wildman–Crippen LogP) is 4.71. The summed E-state index contributed by atoms with van der Waals surface area (Å²) in [5.41, 5.74) is 2.81. The summed E-state index contributed by atoms with van der Waals surface area (Å²) in [6.07, 6.45) is 1.09. The fourth-order valence-corrected chi connectivity index (χ4v) is 9.50. The van der Waals surface area contributed by atoms with Crippen LogP contribution in [0.2, 0.25) is 6.04 Å². The van der Waals surface area contributed by atoms with Crippen LogP contribution in [0, 0.1) is 6.92 Å². The van der Waals surface area contributed by atoms with E-state index >= 15 is 0 Å². The molecule has 28 heavy (non-hydrogen) atoms. The van der Waals surface area contributed by atoms with Gasteiger partial charge in [-0.05, 0) is 40.5 Å². The molecule has 0 fully saturated rings. The molecule has 0 unspecified atom stereocenters. The summed E-state index contributed by atoms with van der Waals surface area (Å²) in [5, 5.41) is 4.51. The van der Waals surface area contributed by atoms with Gasteiger partial charge in [0.25, 0.3) is 0 Å². The molecule has 1 heteroatoms. The summed E-state index contributed by atoms with van der Waals surface area (Å²) in [6.45, 7) is 2.27. The Kier molecular flexibility index (Phi) is 5.54. The Bertz CT molecular complexity index is 968. The molecule has 0 radical (unpaired) electrons. The molecule has 0 bridgehead atoms. The molecule has 0 aliphatic rings. The van der Waals surface area contributed by atoms with Gasteiger partial charge in [-0.15, -0.1) is 0 Å². The molecule has 0 nitrogen and oxygen atoms in total. The first-order chi connectivity index (χ1) is 13.8. The smallest absolute Gasteiger partial charge is 0.0624 e. The van der Waals surface area contributed by atoms with Gasteiger partial charge in [0.15, 0.2) is 0 Å². The predicted molar refractivity (Wildman–Crippen MR) is 124 cm³/mol. The summed E-state index contributed by atoms with van der Waals surface area (Å²) >= 11 is 0. The highest BCUT2D eigenvalue weighted by Gasteiger charge is 2.39. The third kappa shape index (κ3) is 3.58. The van der Waals surface area contributed by atoms with Gasteiger partial charge in [0, 0.05) is 0 Å². The molecule has 0 aromatic heterocycles. The molecule has 0 saturated heterocycles. The van der Waals surface area contributed by atoms with Crippen LogP contribution in [0.4, 0.5) is 0 Å². The zero-order chi connectivity index (χ0) is 19.2. The van der Waals surface area contributed by atoms with E-state index in [1.165, 1.54) is 26.7 Å². The van der Waals surface area contributed by atoms with Gasteiger partial charge < -0.3 is 0 Å². The van der Waals surface area contributed by atoms with Crippen molar-refractivity contribution >= 4 is 23.6 Å². The molecule has 138 valence electrons. The molecule has 0 aliphatic carbocycles. The van der Waals surface area contributed by atoms with Crippen LogP contribution in [0.25, 0.3) is 0 Å². The van der Waals surface area contributed by atoms with Crippen LogP contribution in [0.1, 0.15) is 11.1 Å². The molecule has 4 aromatic rings. The Morgan fingerprint density at radius 1 is 0.536 bits per heavy atom. The van der Waals surface area contributed by atoms with Gasteiger partial charge in [-0.3, -0.25) is 0 Å². The van der Waals surface area contributed by atoms with E-state index in [1.807, 2.05) is 0 Å². The first-order valence-electron chi connectivity index (χ1n) is 10.0. The zero-order valence-corrected chi connectivity index (χ0v) is 17.4. The lowest BCUT2D eigenvalue weighted by Crippen LogP contribution is -2.67. The molecule has 0 aliphatic heterocycles. The Hall–Kier alpha value is -2.90. The highest BCUT2D eigenvalue weighted by molar-refractivity contribution is 7.11. The van der Waals surface area contributed by atoms with Crippen molar-refractivity contribution < 1.29 is 0 Å². The molecule has 0 spiro atoms. The number of aryl methyl sites for hydroxylation is 2. The maximum absolute atomic E-state index is 2.37. The summed E-state index contributed by atoms with van der Waals surface area (Å²) in [4.78, 5) is 0. The van der Waals surface area contributed by atoms with Crippen LogP contribution in [-0.4, -0.2) is 8.07 Å². The minimum absolute atomic E-state index is 1.09. The van der Waals surface area contributed by atoms with E-state index in [0.29, 0.717) is 0 Å². The Morgan fingerprint density at radius 2 is 1.00 bits per heavy atom. The summed E-state index contributed by atoms with van der Waals surface area (Å²) in [6, 6.07) is 43.5. The van der Waals surface area contributed by atoms with Crippen molar-refractivity contribution in [1.82, 2.24) is 0 Å². The van der Waals surface area contributed by atoms with Crippen LogP contribution in [0.5, 0.6) is 0 Å². The minimum Gasteiger partial charge on any atom is -0.0624 e. The largest absolute Gasteiger partial charge is 0.149 e. The van der Waals surface area contributed by atoms with Crippen molar-refractivity contribution in [2.24, 2.45) is 0 Å². The van der Waals surface area contributed by atoms with Gasteiger partial charge in [0.05, 0.1) is 0 Å². The van der Waals surface area contributed by atoms with Crippen LogP contribution in [-0.2, 0) is 6.42 Å². The van der Waals surface area contributed by atoms with E-state index in [1.54, 1.807) is 0 Å². The van der Waals surface area contributed by atoms with Crippen LogP contribution in [0.15, 0.2) is 115 Å². The van der Waals surface area contributed by atoms with Crippen LogP contribution in [0.3, 0.4) is 0 Å². The Labute approximate surface area is 169 Å². The number of benzene rings is 4. The van der Waals surface area contributed by atoms with Crippen molar-refractivity contribution in [3.05, 3.63) is 126 Å². The highest BCUT2D eigenvalue weighted by atomic mass is 28.3. The SMILES string of the molecule is Cc1ccccc1[Si](CCc1ccccc1)(c1ccccc1)c1ccccc1. The lowest BCUT2D eigenvalue weighted by atomic mass is 10.2. The molecule has 4 rings (SSSR count). The van der Waals surface area contributed by atoms with Crippen molar-refractivity contribution in [1.29, 1.82) is 0 Å². The highest BCUT2D eigenvalue weighted by Crippen LogP contribution is 2.18. The minimum atomic E-state index is -2.15. The fraction of sp³-hybridized carbons (Fsp3) is 0.111. The van der Waals surface area contributed by atoms with Gasteiger partial charge in [-0.2, -0.15) is 0 Å². The monoisotopic (exact) mass is 378 g/mol. The van der Waals surface area contributed by atoms with Crippen molar-refractivity contribution in [3.63, 3.8) is 0 Å². The lowest BCUT2D eigenvalue weighted by Gasteiger charge is -2.35. The zero-order valence-electron chi connectivity index (χ0n) is 16.4. The maximum atomic E-state index is 2.37. The van der Waals surface area contributed by atoms with E-state index in [9.17, 15) is 0 Å². The number of hydrogen-bond acceptors (Lipinski definition) is 0. The van der Waals surface area contributed by atoms with Crippen molar-refractivity contribution in [3.8, 4) is 0 Å². The first-order valence-corrected chi connectivity index (χ1v) is 12.2. The number of hydrogen-bond donors (Lipinski definition) is 0. The molecular formula is C27H26Si. The van der Waals surface area contributed by atoms with Crippen LogP contribution < -0.4 is 15.6 Å². The lowest BCUT2D eigenvalue weighted by molar-refractivity contribution is 1.11. The van der Waals surface area contributed by atoms with E-state index in [4.69, 9.17) is 0 Å². The van der Waals surface area contributed by atoms with Crippen molar-refractivity contribution in [2.45, 2.75) is 19.4 Å². The fourth-order valence-electron chi connectivity index (χ4n) is 4.37. The van der Waals surface area contributed by atoms with Gasteiger partial charge >= 0.3 is 0 Å². The molecule has 0 saturated carbocycles. The Balaban J connectivity index is 1.93. The second-order valence-electron chi connectivity index (χ2n) is 7.44. The second kappa shape index (κ2) is 8.41. The summed E-state index contributed by atoms with van der Waals surface area (Å²) < 4.78 is 0. The third-order valence-corrected chi connectivity index (χ3v) is 10.9. The molecule has 0 N–H and O–H groups in total. The number of rotatable bonds is 6. The standard InChI is InChI=1S/C27H26Si/c1-23-13-11-12-20-27(23)28(25-16-7-3-8-17-25,26-18-9-4-10-19-26)22-21-24-14-5-2-6-15-24/h2-20H,21-22H2,1H3. The van der Waals surface area contributed by atoms with E-state index in [0.717, 1.165) is 12.5 Å². The quantitative estimate of drug-likeness (QED) is 0.337. The van der Waals surface area contributed by atoms with Gasteiger partial charge in [0.1, 0.15) is 8.07 Å². The van der Waals surface area contributed by atoms with Crippen molar-refractivity contribution in [2.75, 3.05) is 0 Å². The average Bonchev–Trinajstić information content (AvgIpc) is 2.77. The maximum Gasteiger partial charge on any atom is 0.149 e. The molecule has 0 heterocycles. The third-order valence-electron chi connectivity index (χ3n) is 5.77. The summed E-state index contributed by atoms with van der Waals surface area (Å²) in [5.74, 6) is 0. The van der Waals surface area contributed by atoms with Gasteiger partial charge in [0.2, 0.25) is 0 Å². The molecule has 0 atom stereocenters. The normalized spacial score (nSPS) is 11.3. The second-order valence-corrected chi connectivity index (χ2v) is 11.4. The van der Waals surface area contributed by atoms with Gasteiger partial charge in [-0.1, -0.05) is 121 Å². The molecule has 4 aromatic carbocycles. The first kappa shape index (κ1) is 18.5. The van der Waals surface area contributed by atoms with E-state index < -0.39 is 8.07 Å². The van der Waals surface area contributed by atoms with Crippen LogP contribution >= 0.6 is 0 Å². The molecular weight excluding hydrogens is 352 g/mol. The Morgan fingerprint density at radius 3 is 1.54 bits per heavy atom. The average molecular weight is 379 g/mol. The topological polar surface area (TPSA) is 0 Å². The van der Waals surface area contributed by atoms with E-state index in [-0.39, 0.29) is 0 Å². The molecule has 0 amide bonds.